The van der Waals surface area contributed by atoms with Gasteiger partial charge in [-0.1, -0.05) is 24.6 Å². The number of phenols is 1. The van der Waals surface area contributed by atoms with Gasteiger partial charge in [0.25, 0.3) is 0 Å². The summed E-state index contributed by atoms with van der Waals surface area (Å²) in [6.07, 6.45) is 8.02. The van der Waals surface area contributed by atoms with Crippen LogP contribution in [0.4, 0.5) is 0 Å². The van der Waals surface area contributed by atoms with Crippen molar-refractivity contribution in [2.45, 2.75) is 58.5 Å². The van der Waals surface area contributed by atoms with Gasteiger partial charge in [0.05, 0.1) is 0 Å². The first-order valence-electron chi connectivity index (χ1n) is 8.74. The molecule has 3 nitrogen and oxygen atoms in total. The van der Waals surface area contributed by atoms with Crippen molar-refractivity contribution in [2.24, 2.45) is 5.92 Å². The van der Waals surface area contributed by atoms with Gasteiger partial charge in [-0.25, -0.2) is 0 Å². The van der Waals surface area contributed by atoms with Crippen LogP contribution in [0.2, 0.25) is 0 Å². The minimum absolute atomic E-state index is 0.0709. The van der Waals surface area contributed by atoms with Gasteiger partial charge in [0.15, 0.2) is 5.78 Å². The number of carbonyl (C=O) groups is 1. The molecule has 0 amide bonds. The van der Waals surface area contributed by atoms with Crippen molar-refractivity contribution in [1.82, 2.24) is 0 Å². The first kappa shape index (κ1) is 16.8. The number of benzene rings is 1. The highest BCUT2D eigenvalue weighted by Gasteiger charge is 2.45. The Morgan fingerprint density at radius 2 is 2.17 bits per heavy atom. The van der Waals surface area contributed by atoms with Crippen LogP contribution in [-0.2, 0) is 4.79 Å². The van der Waals surface area contributed by atoms with Gasteiger partial charge in [-0.05, 0) is 57.4 Å². The van der Waals surface area contributed by atoms with Gasteiger partial charge in [-0.3, -0.25) is 4.79 Å². The second-order valence-corrected chi connectivity index (χ2v) is 7.51. The SMILES string of the molecule is CCC(=O)/C=C/c1cc(O)c2c(c1)OC(C)(C)C1CC=C(C)CC21. The van der Waals surface area contributed by atoms with Crippen LogP contribution in [0.15, 0.2) is 29.9 Å². The minimum Gasteiger partial charge on any atom is -0.507 e. The molecule has 1 heterocycles. The molecule has 2 aliphatic rings. The highest BCUT2D eigenvalue weighted by atomic mass is 16.5. The quantitative estimate of drug-likeness (QED) is 0.628. The summed E-state index contributed by atoms with van der Waals surface area (Å²) in [5, 5.41) is 10.6. The number of ether oxygens (including phenoxy) is 1. The van der Waals surface area contributed by atoms with Crippen molar-refractivity contribution < 1.29 is 14.6 Å². The third kappa shape index (κ3) is 3.00. The third-order valence-electron chi connectivity index (χ3n) is 5.34. The molecule has 3 rings (SSSR count). The normalized spacial score (nSPS) is 24.8. The smallest absolute Gasteiger partial charge is 0.155 e. The Labute approximate surface area is 144 Å². The number of rotatable bonds is 3. The topological polar surface area (TPSA) is 46.5 Å². The summed E-state index contributed by atoms with van der Waals surface area (Å²) >= 11 is 0. The molecule has 0 fully saturated rings. The monoisotopic (exact) mass is 326 g/mol. The molecule has 2 atom stereocenters. The van der Waals surface area contributed by atoms with E-state index in [-0.39, 0.29) is 23.1 Å². The van der Waals surface area contributed by atoms with E-state index in [1.54, 1.807) is 18.2 Å². The van der Waals surface area contributed by atoms with Crippen molar-refractivity contribution in [2.75, 3.05) is 0 Å². The zero-order valence-corrected chi connectivity index (χ0v) is 14.9. The molecule has 0 saturated heterocycles. The van der Waals surface area contributed by atoms with Gasteiger partial charge in [-0.15, -0.1) is 0 Å². The number of carbonyl (C=O) groups excluding carboxylic acids is 1. The van der Waals surface area contributed by atoms with Crippen LogP contribution in [0, 0.1) is 5.92 Å². The van der Waals surface area contributed by atoms with Crippen LogP contribution in [0.1, 0.15) is 64.0 Å². The Kier molecular flexibility index (Phi) is 4.29. The first-order valence-corrected chi connectivity index (χ1v) is 8.74. The Balaban J connectivity index is 2.04. The van der Waals surface area contributed by atoms with Crippen LogP contribution in [0.3, 0.4) is 0 Å². The number of allylic oxidation sites excluding steroid dienone is 3. The maximum absolute atomic E-state index is 11.5. The highest BCUT2D eigenvalue weighted by molar-refractivity contribution is 5.93. The summed E-state index contributed by atoms with van der Waals surface area (Å²) in [6.45, 7) is 8.25. The second-order valence-electron chi connectivity index (χ2n) is 7.51. The fraction of sp³-hybridized carbons (Fsp3) is 0.476. The number of aromatic hydroxyl groups is 1. The minimum atomic E-state index is -0.275. The van der Waals surface area contributed by atoms with Gasteiger partial charge in [0.2, 0.25) is 0 Å². The Morgan fingerprint density at radius 3 is 2.88 bits per heavy atom. The standard InChI is InChI=1S/C21H26O3/c1-5-15(22)8-7-14-11-18(23)20-16-10-13(2)6-9-17(16)21(3,4)24-19(20)12-14/h6-8,11-12,16-17,23H,5,9-10H2,1-4H3/b8-7+. The maximum atomic E-state index is 11.5. The number of phenolic OH excluding ortho intramolecular Hbond substituents is 1. The van der Waals surface area contributed by atoms with E-state index in [0.29, 0.717) is 12.3 Å². The first-order chi connectivity index (χ1) is 11.3. The lowest BCUT2D eigenvalue weighted by Crippen LogP contribution is -2.45. The summed E-state index contributed by atoms with van der Waals surface area (Å²) in [4.78, 5) is 11.5. The zero-order chi connectivity index (χ0) is 17.5. The molecule has 0 aromatic heterocycles. The largest absolute Gasteiger partial charge is 0.507 e. The molecule has 1 aromatic carbocycles. The fourth-order valence-electron chi connectivity index (χ4n) is 3.99. The van der Waals surface area contributed by atoms with Gasteiger partial charge >= 0.3 is 0 Å². The van der Waals surface area contributed by atoms with Crippen molar-refractivity contribution in [3.05, 3.63) is 41.0 Å². The Morgan fingerprint density at radius 1 is 1.42 bits per heavy atom. The van der Waals surface area contributed by atoms with Gasteiger partial charge in [0, 0.05) is 23.8 Å². The lowest BCUT2D eigenvalue weighted by molar-refractivity contribution is -0.114. The molecule has 0 saturated carbocycles. The number of hydrogen-bond acceptors (Lipinski definition) is 3. The summed E-state index contributed by atoms with van der Waals surface area (Å²) in [5.41, 5.74) is 2.82. The van der Waals surface area contributed by atoms with Crippen molar-refractivity contribution in [3.8, 4) is 11.5 Å². The van der Waals surface area contributed by atoms with E-state index in [1.165, 1.54) is 5.57 Å². The molecule has 0 spiro atoms. The van der Waals surface area contributed by atoms with Crippen molar-refractivity contribution >= 4 is 11.9 Å². The van der Waals surface area contributed by atoms with Crippen LogP contribution < -0.4 is 4.74 Å². The molecule has 2 unspecified atom stereocenters. The molecule has 1 aliphatic heterocycles. The van der Waals surface area contributed by atoms with Gasteiger partial charge < -0.3 is 9.84 Å². The van der Waals surface area contributed by atoms with Gasteiger partial charge in [-0.2, -0.15) is 0 Å². The zero-order valence-electron chi connectivity index (χ0n) is 14.9. The lowest BCUT2D eigenvalue weighted by atomic mass is 9.67. The van der Waals surface area contributed by atoms with E-state index in [0.717, 1.165) is 29.7 Å². The molecule has 3 heteroatoms. The Hall–Kier alpha value is -2.03. The summed E-state index contributed by atoms with van der Waals surface area (Å²) in [7, 11) is 0. The predicted molar refractivity (Wildman–Crippen MR) is 96.4 cm³/mol. The van der Waals surface area contributed by atoms with E-state index in [9.17, 15) is 9.90 Å². The van der Waals surface area contributed by atoms with Crippen LogP contribution in [0.5, 0.6) is 11.5 Å². The molecule has 0 bridgehead atoms. The van der Waals surface area contributed by atoms with Crippen molar-refractivity contribution in [3.63, 3.8) is 0 Å². The summed E-state index contributed by atoms with van der Waals surface area (Å²) in [5.74, 6) is 1.74. The average Bonchev–Trinajstić information content (AvgIpc) is 2.51. The Bertz CT molecular complexity index is 725. The molecule has 24 heavy (non-hydrogen) atoms. The fourth-order valence-corrected chi connectivity index (χ4v) is 3.99. The van der Waals surface area contributed by atoms with Crippen LogP contribution in [0.25, 0.3) is 6.08 Å². The summed E-state index contributed by atoms with van der Waals surface area (Å²) in [6, 6.07) is 3.69. The average molecular weight is 326 g/mol. The maximum Gasteiger partial charge on any atom is 0.155 e. The van der Waals surface area contributed by atoms with Gasteiger partial charge in [0.1, 0.15) is 17.1 Å². The van der Waals surface area contributed by atoms with Crippen molar-refractivity contribution in [1.29, 1.82) is 0 Å². The van der Waals surface area contributed by atoms with E-state index >= 15 is 0 Å². The molecule has 1 N–H and O–H groups in total. The highest BCUT2D eigenvalue weighted by Crippen LogP contribution is 2.54. The molecular formula is C21H26O3. The molecular weight excluding hydrogens is 300 g/mol. The van der Waals surface area contributed by atoms with Crippen LogP contribution in [-0.4, -0.2) is 16.5 Å². The number of hydrogen-bond donors (Lipinski definition) is 1. The second kappa shape index (κ2) is 6.12. The van der Waals surface area contributed by atoms with Crippen LogP contribution >= 0.6 is 0 Å². The molecule has 1 aromatic rings. The predicted octanol–water partition coefficient (Wildman–Crippen LogP) is 5.00. The van der Waals surface area contributed by atoms with E-state index < -0.39 is 0 Å². The number of fused-ring (bicyclic) bond motifs is 3. The van der Waals surface area contributed by atoms with E-state index in [2.05, 4.69) is 26.8 Å². The lowest BCUT2D eigenvalue weighted by Gasteiger charge is -2.47. The third-order valence-corrected chi connectivity index (χ3v) is 5.34. The molecule has 0 radical (unpaired) electrons. The number of ketones is 1. The summed E-state index contributed by atoms with van der Waals surface area (Å²) < 4.78 is 6.27. The van der Waals surface area contributed by atoms with E-state index in [4.69, 9.17) is 4.74 Å². The molecule has 1 aliphatic carbocycles. The molecule has 128 valence electrons. The van der Waals surface area contributed by atoms with E-state index in [1.807, 2.05) is 13.0 Å².